The molecule has 98 valence electrons. The number of pyridine rings is 1. The van der Waals surface area contributed by atoms with Crippen LogP contribution in [0.4, 0.5) is 0 Å². The lowest BCUT2D eigenvalue weighted by atomic mass is 10.0. The molecule has 0 bridgehead atoms. The number of hydrogen-bond donors (Lipinski definition) is 0. The summed E-state index contributed by atoms with van der Waals surface area (Å²) in [6, 6.07) is 22.3. The number of methoxy groups -OCH3 is 1. The first-order chi connectivity index (χ1) is 9.88. The lowest BCUT2D eigenvalue weighted by molar-refractivity contribution is 0.416. The fourth-order valence-electron chi connectivity index (χ4n) is 2.24. The zero-order valence-electron chi connectivity index (χ0n) is 11.3. The van der Waals surface area contributed by atoms with Gasteiger partial charge in [0.2, 0.25) is 0 Å². The van der Waals surface area contributed by atoms with E-state index in [-0.39, 0.29) is 0 Å². The van der Waals surface area contributed by atoms with E-state index >= 15 is 0 Å². The summed E-state index contributed by atoms with van der Waals surface area (Å²) < 4.78 is 5.53. The summed E-state index contributed by atoms with van der Waals surface area (Å²) >= 11 is 0. The topological polar surface area (TPSA) is 22.1 Å². The van der Waals surface area contributed by atoms with Crippen molar-refractivity contribution in [1.82, 2.24) is 4.98 Å². The van der Waals surface area contributed by atoms with Gasteiger partial charge in [-0.3, -0.25) is 4.98 Å². The molecule has 0 aliphatic rings. The van der Waals surface area contributed by atoms with Crippen molar-refractivity contribution in [2.45, 2.75) is 0 Å². The van der Waals surface area contributed by atoms with Crippen LogP contribution in [0.15, 0.2) is 72.9 Å². The average Bonchev–Trinajstić information content (AvgIpc) is 2.56. The summed E-state index contributed by atoms with van der Waals surface area (Å²) in [7, 11) is 1.70. The Labute approximate surface area is 118 Å². The van der Waals surface area contributed by atoms with E-state index in [1.165, 1.54) is 0 Å². The summed E-state index contributed by atoms with van der Waals surface area (Å²) in [5.41, 5.74) is 4.25. The molecule has 0 saturated carbocycles. The van der Waals surface area contributed by atoms with Crippen LogP contribution in [0.25, 0.3) is 22.4 Å². The van der Waals surface area contributed by atoms with Gasteiger partial charge in [-0.2, -0.15) is 0 Å². The minimum atomic E-state index is 0.861. The average molecular weight is 261 g/mol. The van der Waals surface area contributed by atoms with E-state index in [9.17, 15) is 0 Å². The standard InChI is InChI=1S/C18H15NO/c1-20-18-13-15(17-9-5-6-12-19-17)10-11-16(18)14-7-3-2-4-8-14/h2-13H,1H3. The summed E-state index contributed by atoms with van der Waals surface area (Å²) in [4.78, 5) is 4.37. The molecule has 0 atom stereocenters. The molecule has 0 unspecified atom stereocenters. The predicted molar refractivity (Wildman–Crippen MR) is 81.7 cm³/mol. The minimum absolute atomic E-state index is 0.861. The molecule has 0 radical (unpaired) electrons. The molecule has 20 heavy (non-hydrogen) atoms. The Hall–Kier alpha value is -2.61. The van der Waals surface area contributed by atoms with Gasteiger partial charge in [-0.05, 0) is 29.8 Å². The van der Waals surface area contributed by atoms with Crippen LogP contribution in [0, 0.1) is 0 Å². The lowest BCUT2D eigenvalue weighted by Crippen LogP contribution is -1.90. The SMILES string of the molecule is COc1cc(-c2ccccn2)ccc1-c1ccccc1. The quantitative estimate of drug-likeness (QED) is 0.696. The van der Waals surface area contributed by atoms with Gasteiger partial charge in [0.25, 0.3) is 0 Å². The van der Waals surface area contributed by atoms with E-state index in [4.69, 9.17) is 4.74 Å². The van der Waals surface area contributed by atoms with Crippen LogP contribution in [0.3, 0.4) is 0 Å². The maximum absolute atomic E-state index is 5.53. The number of nitrogens with zero attached hydrogens (tertiary/aromatic N) is 1. The Bertz CT molecular complexity index is 693. The number of aromatic nitrogens is 1. The first-order valence-corrected chi connectivity index (χ1v) is 6.53. The first kappa shape index (κ1) is 12.4. The fraction of sp³-hybridized carbons (Fsp3) is 0.0556. The highest BCUT2D eigenvalue weighted by atomic mass is 16.5. The second-order valence-corrected chi connectivity index (χ2v) is 4.50. The van der Waals surface area contributed by atoms with Crippen LogP contribution in [0.2, 0.25) is 0 Å². The van der Waals surface area contributed by atoms with Crippen LogP contribution >= 0.6 is 0 Å². The van der Waals surface area contributed by atoms with Crippen molar-refractivity contribution in [3.63, 3.8) is 0 Å². The van der Waals surface area contributed by atoms with E-state index in [0.29, 0.717) is 0 Å². The smallest absolute Gasteiger partial charge is 0.127 e. The molecular weight excluding hydrogens is 246 g/mol. The maximum atomic E-state index is 5.53. The molecule has 2 heteroatoms. The van der Waals surface area contributed by atoms with E-state index in [1.54, 1.807) is 13.3 Å². The molecule has 0 aliphatic carbocycles. The van der Waals surface area contributed by atoms with Crippen molar-refractivity contribution in [2.24, 2.45) is 0 Å². The molecule has 3 aromatic rings. The van der Waals surface area contributed by atoms with Crippen molar-refractivity contribution >= 4 is 0 Å². The van der Waals surface area contributed by atoms with E-state index in [2.05, 4.69) is 29.2 Å². The third-order valence-electron chi connectivity index (χ3n) is 3.25. The molecule has 0 fully saturated rings. The predicted octanol–water partition coefficient (Wildman–Crippen LogP) is 4.42. The van der Waals surface area contributed by atoms with Crippen LogP contribution in [0.5, 0.6) is 5.75 Å². The van der Waals surface area contributed by atoms with Crippen LogP contribution in [-0.4, -0.2) is 12.1 Å². The largest absolute Gasteiger partial charge is 0.496 e. The summed E-state index contributed by atoms with van der Waals surface area (Å²) in [5.74, 6) is 0.861. The Kier molecular flexibility index (Phi) is 3.46. The molecule has 1 heterocycles. The summed E-state index contributed by atoms with van der Waals surface area (Å²) in [6.07, 6.45) is 1.80. The van der Waals surface area contributed by atoms with Gasteiger partial charge in [0.1, 0.15) is 5.75 Å². The van der Waals surface area contributed by atoms with Crippen molar-refractivity contribution in [1.29, 1.82) is 0 Å². The molecule has 0 amide bonds. The fourth-order valence-corrected chi connectivity index (χ4v) is 2.24. The molecule has 2 aromatic carbocycles. The van der Waals surface area contributed by atoms with Gasteiger partial charge in [-0.1, -0.05) is 42.5 Å². The van der Waals surface area contributed by atoms with Crippen molar-refractivity contribution in [3.8, 4) is 28.1 Å². The van der Waals surface area contributed by atoms with Crippen LogP contribution < -0.4 is 4.74 Å². The van der Waals surface area contributed by atoms with Gasteiger partial charge in [0.15, 0.2) is 0 Å². The van der Waals surface area contributed by atoms with Crippen molar-refractivity contribution in [3.05, 3.63) is 72.9 Å². The highest BCUT2D eigenvalue weighted by molar-refractivity contribution is 5.75. The molecule has 0 spiro atoms. The second-order valence-electron chi connectivity index (χ2n) is 4.50. The Morgan fingerprint density at radius 1 is 0.800 bits per heavy atom. The molecule has 3 rings (SSSR count). The van der Waals surface area contributed by atoms with Gasteiger partial charge < -0.3 is 4.74 Å². The third kappa shape index (κ3) is 2.41. The van der Waals surface area contributed by atoms with Crippen molar-refractivity contribution in [2.75, 3.05) is 7.11 Å². The van der Waals surface area contributed by atoms with Gasteiger partial charge in [-0.25, -0.2) is 0 Å². The maximum Gasteiger partial charge on any atom is 0.127 e. The van der Waals surface area contributed by atoms with Gasteiger partial charge in [0, 0.05) is 17.3 Å². The van der Waals surface area contributed by atoms with Gasteiger partial charge in [0.05, 0.1) is 12.8 Å². The molecular formula is C18H15NO. The summed E-state index contributed by atoms with van der Waals surface area (Å²) in [6.45, 7) is 0. The highest BCUT2D eigenvalue weighted by Gasteiger charge is 2.08. The van der Waals surface area contributed by atoms with Gasteiger partial charge >= 0.3 is 0 Å². The zero-order chi connectivity index (χ0) is 13.8. The number of rotatable bonds is 3. The minimum Gasteiger partial charge on any atom is -0.496 e. The van der Waals surface area contributed by atoms with E-state index < -0.39 is 0 Å². The Morgan fingerprint density at radius 2 is 1.60 bits per heavy atom. The van der Waals surface area contributed by atoms with E-state index in [0.717, 1.165) is 28.1 Å². The molecule has 0 N–H and O–H groups in total. The third-order valence-corrected chi connectivity index (χ3v) is 3.25. The normalized spacial score (nSPS) is 10.2. The summed E-state index contributed by atoms with van der Waals surface area (Å²) in [5, 5.41) is 0. The molecule has 1 aromatic heterocycles. The van der Waals surface area contributed by atoms with Gasteiger partial charge in [-0.15, -0.1) is 0 Å². The highest BCUT2D eigenvalue weighted by Crippen LogP contribution is 2.33. The number of hydrogen-bond acceptors (Lipinski definition) is 2. The van der Waals surface area contributed by atoms with Crippen molar-refractivity contribution < 1.29 is 4.74 Å². The molecule has 2 nitrogen and oxygen atoms in total. The molecule has 0 saturated heterocycles. The lowest BCUT2D eigenvalue weighted by Gasteiger charge is -2.10. The number of benzene rings is 2. The second kappa shape index (κ2) is 5.57. The van der Waals surface area contributed by atoms with E-state index in [1.807, 2.05) is 42.5 Å². The Morgan fingerprint density at radius 3 is 2.30 bits per heavy atom. The van der Waals surface area contributed by atoms with Crippen LogP contribution in [0.1, 0.15) is 0 Å². The monoisotopic (exact) mass is 261 g/mol. The molecule has 0 aliphatic heterocycles. The van der Waals surface area contributed by atoms with Crippen LogP contribution in [-0.2, 0) is 0 Å². The first-order valence-electron chi connectivity index (χ1n) is 6.53. The Balaban J connectivity index is 2.07. The zero-order valence-corrected chi connectivity index (χ0v) is 11.3. The number of ether oxygens (including phenoxy) is 1.